The summed E-state index contributed by atoms with van der Waals surface area (Å²) < 4.78 is 26.5. The summed E-state index contributed by atoms with van der Waals surface area (Å²) in [6.45, 7) is 2.23. The maximum absolute atomic E-state index is 13.2. The van der Waals surface area contributed by atoms with Gasteiger partial charge in [-0.1, -0.05) is 32.6 Å². The highest BCUT2D eigenvalue weighted by atomic mass is 19.1. The number of benzene rings is 1. The first-order valence-corrected chi connectivity index (χ1v) is 7.65. The number of unbranched alkanes of at least 4 members (excludes halogenated alkanes) is 2. The molecule has 0 atom stereocenters. The Morgan fingerprint density at radius 1 is 0.947 bits per heavy atom. The lowest BCUT2D eigenvalue weighted by Crippen LogP contribution is -2.13. The zero-order valence-electron chi connectivity index (χ0n) is 11.8. The molecule has 0 aromatic heterocycles. The summed E-state index contributed by atoms with van der Waals surface area (Å²) in [5.74, 6) is 0.300. The maximum Gasteiger partial charge on any atom is 0.126 e. The van der Waals surface area contributed by atoms with Gasteiger partial charge in [-0.3, -0.25) is 0 Å². The molecule has 106 valence electrons. The van der Waals surface area contributed by atoms with Crippen LogP contribution in [0.2, 0.25) is 0 Å². The fourth-order valence-corrected chi connectivity index (χ4v) is 3.28. The standard InChI is InChI=1S/C17H24F2/c1-2-3-4-5-13-6-8-14(9-7-13)15-10-16(18)12-17(19)11-15/h10-14H,2-9H2,1H3. The van der Waals surface area contributed by atoms with Gasteiger partial charge in [0.1, 0.15) is 11.6 Å². The van der Waals surface area contributed by atoms with Crippen LogP contribution in [0.4, 0.5) is 8.78 Å². The molecule has 0 unspecified atom stereocenters. The summed E-state index contributed by atoms with van der Waals surface area (Å²) in [5.41, 5.74) is 0.851. The first-order chi connectivity index (χ1) is 9.19. The van der Waals surface area contributed by atoms with Crippen molar-refractivity contribution in [3.8, 4) is 0 Å². The van der Waals surface area contributed by atoms with Crippen molar-refractivity contribution < 1.29 is 8.78 Å². The van der Waals surface area contributed by atoms with Gasteiger partial charge in [-0.2, -0.15) is 0 Å². The van der Waals surface area contributed by atoms with Crippen LogP contribution >= 0.6 is 0 Å². The molecule has 0 heterocycles. The highest BCUT2D eigenvalue weighted by Crippen LogP contribution is 2.38. The van der Waals surface area contributed by atoms with Crippen molar-refractivity contribution in [3.05, 3.63) is 35.4 Å². The molecular formula is C17H24F2. The first-order valence-electron chi connectivity index (χ1n) is 7.65. The average Bonchev–Trinajstić information content (AvgIpc) is 2.39. The highest BCUT2D eigenvalue weighted by Gasteiger charge is 2.22. The molecule has 0 amide bonds. The zero-order chi connectivity index (χ0) is 13.7. The van der Waals surface area contributed by atoms with Crippen LogP contribution in [-0.2, 0) is 0 Å². The molecule has 1 aliphatic carbocycles. The van der Waals surface area contributed by atoms with Crippen molar-refractivity contribution in [3.63, 3.8) is 0 Å². The van der Waals surface area contributed by atoms with Gasteiger partial charge in [0.25, 0.3) is 0 Å². The minimum atomic E-state index is -0.444. The van der Waals surface area contributed by atoms with E-state index in [1.807, 2.05) is 0 Å². The lowest BCUT2D eigenvalue weighted by molar-refractivity contribution is 0.302. The Kier molecular flexibility index (Phi) is 5.35. The van der Waals surface area contributed by atoms with E-state index in [0.717, 1.165) is 30.4 Å². The molecule has 0 N–H and O–H groups in total. The van der Waals surface area contributed by atoms with E-state index in [1.54, 1.807) is 0 Å². The van der Waals surface area contributed by atoms with Crippen molar-refractivity contribution in [2.75, 3.05) is 0 Å². The van der Waals surface area contributed by atoms with Crippen LogP contribution in [-0.4, -0.2) is 0 Å². The molecule has 0 saturated heterocycles. The fourth-order valence-electron chi connectivity index (χ4n) is 3.28. The van der Waals surface area contributed by atoms with E-state index in [0.29, 0.717) is 5.92 Å². The van der Waals surface area contributed by atoms with E-state index in [-0.39, 0.29) is 0 Å². The lowest BCUT2D eigenvalue weighted by Gasteiger charge is -2.29. The minimum Gasteiger partial charge on any atom is -0.207 e. The molecule has 0 nitrogen and oxygen atoms in total. The molecule has 1 aliphatic rings. The number of hydrogen-bond donors (Lipinski definition) is 0. The zero-order valence-corrected chi connectivity index (χ0v) is 11.8. The third-order valence-electron chi connectivity index (χ3n) is 4.42. The molecule has 1 fully saturated rings. The van der Waals surface area contributed by atoms with Crippen molar-refractivity contribution >= 4 is 0 Å². The third kappa shape index (κ3) is 4.29. The predicted octanol–water partition coefficient (Wildman–Crippen LogP) is 5.82. The van der Waals surface area contributed by atoms with Crippen molar-refractivity contribution in [2.45, 2.75) is 64.2 Å². The van der Waals surface area contributed by atoms with E-state index < -0.39 is 11.6 Å². The second-order valence-electron chi connectivity index (χ2n) is 5.92. The van der Waals surface area contributed by atoms with E-state index in [1.165, 1.54) is 50.7 Å². The summed E-state index contributed by atoms with van der Waals surface area (Å²) in [7, 11) is 0. The molecule has 1 aromatic rings. The summed E-state index contributed by atoms with van der Waals surface area (Å²) in [4.78, 5) is 0. The van der Waals surface area contributed by atoms with Crippen molar-refractivity contribution in [2.24, 2.45) is 5.92 Å². The van der Waals surface area contributed by atoms with Crippen molar-refractivity contribution in [1.29, 1.82) is 0 Å². The third-order valence-corrected chi connectivity index (χ3v) is 4.42. The first kappa shape index (κ1) is 14.5. The van der Waals surface area contributed by atoms with Crippen LogP contribution in [0, 0.1) is 17.6 Å². The lowest BCUT2D eigenvalue weighted by atomic mass is 9.77. The Morgan fingerprint density at radius 3 is 2.16 bits per heavy atom. The summed E-state index contributed by atoms with van der Waals surface area (Å²) >= 11 is 0. The van der Waals surface area contributed by atoms with Gasteiger partial charge in [-0.15, -0.1) is 0 Å². The molecule has 1 saturated carbocycles. The minimum absolute atomic E-state index is 0.354. The predicted molar refractivity (Wildman–Crippen MR) is 75.2 cm³/mol. The van der Waals surface area contributed by atoms with Crippen LogP contribution in [0.3, 0.4) is 0 Å². The SMILES string of the molecule is CCCCCC1CCC(c2cc(F)cc(F)c2)CC1. The largest absolute Gasteiger partial charge is 0.207 e. The van der Waals surface area contributed by atoms with E-state index in [2.05, 4.69) is 6.92 Å². The van der Waals surface area contributed by atoms with Crippen LogP contribution in [0.15, 0.2) is 18.2 Å². The van der Waals surface area contributed by atoms with Gasteiger partial charge in [0.15, 0.2) is 0 Å². The van der Waals surface area contributed by atoms with Gasteiger partial charge in [0.05, 0.1) is 0 Å². The molecule has 2 heteroatoms. The number of rotatable bonds is 5. The molecular weight excluding hydrogens is 242 g/mol. The summed E-state index contributed by atoms with van der Waals surface area (Å²) in [6.07, 6.45) is 9.86. The van der Waals surface area contributed by atoms with Gasteiger partial charge in [-0.25, -0.2) is 8.78 Å². The molecule has 19 heavy (non-hydrogen) atoms. The summed E-state index contributed by atoms with van der Waals surface area (Å²) in [6, 6.07) is 3.97. The second-order valence-corrected chi connectivity index (χ2v) is 5.92. The molecule has 0 radical (unpaired) electrons. The Bertz CT molecular complexity index is 372. The van der Waals surface area contributed by atoms with Gasteiger partial charge in [-0.05, 0) is 55.2 Å². The van der Waals surface area contributed by atoms with Crippen LogP contribution in [0.25, 0.3) is 0 Å². The Morgan fingerprint density at radius 2 is 1.58 bits per heavy atom. The second kappa shape index (κ2) is 7.02. The van der Waals surface area contributed by atoms with E-state index in [4.69, 9.17) is 0 Å². The molecule has 0 spiro atoms. The van der Waals surface area contributed by atoms with Crippen molar-refractivity contribution in [1.82, 2.24) is 0 Å². The molecule has 0 bridgehead atoms. The van der Waals surface area contributed by atoms with Gasteiger partial charge < -0.3 is 0 Å². The smallest absolute Gasteiger partial charge is 0.126 e. The Labute approximate surface area is 115 Å². The average molecular weight is 266 g/mol. The quantitative estimate of drug-likeness (QED) is 0.589. The number of hydrogen-bond acceptors (Lipinski definition) is 0. The van der Waals surface area contributed by atoms with Gasteiger partial charge in [0, 0.05) is 6.07 Å². The van der Waals surface area contributed by atoms with Crippen LogP contribution < -0.4 is 0 Å². The number of halogens is 2. The monoisotopic (exact) mass is 266 g/mol. The Balaban J connectivity index is 1.85. The normalized spacial score (nSPS) is 23.5. The molecule has 2 rings (SSSR count). The van der Waals surface area contributed by atoms with Gasteiger partial charge in [0.2, 0.25) is 0 Å². The maximum atomic E-state index is 13.2. The highest BCUT2D eigenvalue weighted by molar-refractivity contribution is 5.22. The molecule has 1 aromatic carbocycles. The van der Waals surface area contributed by atoms with Crippen LogP contribution in [0.5, 0.6) is 0 Å². The molecule has 0 aliphatic heterocycles. The summed E-state index contributed by atoms with van der Waals surface area (Å²) in [5, 5.41) is 0. The fraction of sp³-hybridized carbons (Fsp3) is 0.647. The van der Waals surface area contributed by atoms with Crippen LogP contribution in [0.1, 0.15) is 69.8 Å². The Hall–Kier alpha value is -0.920. The topological polar surface area (TPSA) is 0 Å². The van der Waals surface area contributed by atoms with Gasteiger partial charge >= 0.3 is 0 Å². The van der Waals surface area contributed by atoms with E-state index >= 15 is 0 Å². The van der Waals surface area contributed by atoms with E-state index in [9.17, 15) is 8.78 Å².